The maximum absolute atomic E-state index is 11.9. The van der Waals surface area contributed by atoms with E-state index in [2.05, 4.69) is 10.6 Å². The molecule has 0 aliphatic rings. The third-order valence-corrected chi connectivity index (χ3v) is 3.26. The van der Waals surface area contributed by atoms with Crippen molar-refractivity contribution >= 4 is 17.9 Å². The highest BCUT2D eigenvalue weighted by molar-refractivity contribution is 5.97. The number of rotatable bonds is 8. The number of methoxy groups -OCH3 is 1. The third-order valence-electron chi connectivity index (χ3n) is 3.26. The number of nitrogens with one attached hydrogen (secondary N) is 2. The van der Waals surface area contributed by atoms with Crippen molar-refractivity contribution < 1.29 is 28.6 Å². The van der Waals surface area contributed by atoms with Gasteiger partial charge in [0.05, 0.1) is 13.7 Å². The normalized spacial score (nSPS) is 11.9. The van der Waals surface area contributed by atoms with Crippen LogP contribution >= 0.6 is 0 Å². The fourth-order valence-electron chi connectivity index (χ4n) is 1.97. The Balaban J connectivity index is 2.26. The van der Waals surface area contributed by atoms with Crippen molar-refractivity contribution in [3.63, 3.8) is 0 Å². The monoisotopic (exact) mass is 380 g/mol. The maximum atomic E-state index is 11.9. The minimum absolute atomic E-state index is 0.0992. The molecule has 8 heteroatoms. The van der Waals surface area contributed by atoms with E-state index in [1.807, 2.05) is 0 Å². The molecule has 3 amide bonds. The number of carbonyl (C=O) groups excluding carboxylic acids is 3. The summed E-state index contributed by atoms with van der Waals surface area (Å²) in [6, 6.07) is 6.46. The number of imide groups is 1. The largest absolute Gasteiger partial charge is 0.497 e. The van der Waals surface area contributed by atoms with Gasteiger partial charge in [0.25, 0.3) is 5.91 Å². The van der Waals surface area contributed by atoms with E-state index >= 15 is 0 Å². The molecule has 150 valence electrons. The van der Waals surface area contributed by atoms with E-state index in [0.717, 1.165) is 5.75 Å². The number of ether oxygens (including phenoxy) is 3. The Morgan fingerprint density at radius 2 is 1.67 bits per heavy atom. The second kappa shape index (κ2) is 10.4. The Kier molecular flexibility index (Phi) is 8.58. The van der Waals surface area contributed by atoms with Gasteiger partial charge in [-0.1, -0.05) is 0 Å². The number of benzene rings is 1. The Bertz CT molecular complexity index is 637. The molecule has 1 aromatic carbocycles. The van der Waals surface area contributed by atoms with E-state index in [0.29, 0.717) is 18.8 Å². The molecule has 0 aliphatic carbocycles. The summed E-state index contributed by atoms with van der Waals surface area (Å²) in [6.45, 7) is 7.10. The lowest BCUT2D eigenvalue weighted by Crippen LogP contribution is -2.50. The van der Waals surface area contributed by atoms with Gasteiger partial charge >= 0.3 is 12.0 Å². The number of urea groups is 1. The molecule has 0 saturated carbocycles. The van der Waals surface area contributed by atoms with Gasteiger partial charge in [-0.15, -0.1) is 0 Å². The Morgan fingerprint density at radius 1 is 1.07 bits per heavy atom. The van der Waals surface area contributed by atoms with Crippen LogP contribution in [0.3, 0.4) is 0 Å². The van der Waals surface area contributed by atoms with Crippen molar-refractivity contribution in [2.75, 3.05) is 13.7 Å². The van der Waals surface area contributed by atoms with Crippen LogP contribution in [0.2, 0.25) is 0 Å². The van der Waals surface area contributed by atoms with Crippen LogP contribution in [0.25, 0.3) is 0 Å². The van der Waals surface area contributed by atoms with Gasteiger partial charge in [0.1, 0.15) is 11.5 Å². The third kappa shape index (κ3) is 9.48. The molecule has 1 unspecified atom stereocenters. The molecule has 0 heterocycles. The molecule has 0 bridgehead atoms. The van der Waals surface area contributed by atoms with Crippen LogP contribution < -0.4 is 20.1 Å². The van der Waals surface area contributed by atoms with E-state index in [1.54, 1.807) is 52.1 Å². The highest BCUT2D eigenvalue weighted by Crippen LogP contribution is 2.17. The van der Waals surface area contributed by atoms with Gasteiger partial charge in [0, 0.05) is 12.0 Å². The topological polar surface area (TPSA) is 103 Å². The maximum Gasteiger partial charge on any atom is 0.321 e. The van der Waals surface area contributed by atoms with Crippen molar-refractivity contribution in [1.29, 1.82) is 0 Å². The van der Waals surface area contributed by atoms with Crippen molar-refractivity contribution in [3.8, 4) is 11.5 Å². The second-order valence-corrected chi connectivity index (χ2v) is 6.95. The highest BCUT2D eigenvalue weighted by atomic mass is 16.5. The van der Waals surface area contributed by atoms with Crippen molar-refractivity contribution in [3.05, 3.63) is 24.3 Å². The summed E-state index contributed by atoms with van der Waals surface area (Å²) in [5.74, 6) is 0.183. The number of amides is 3. The Labute approximate surface area is 159 Å². The van der Waals surface area contributed by atoms with E-state index in [-0.39, 0.29) is 6.42 Å². The first-order chi connectivity index (χ1) is 12.6. The average molecular weight is 380 g/mol. The lowest BCUT2D eigenvalue weighted by Gasteiger charge is -2.21. The van der Waals surface area contributed by atoms with E-state index in [4.69, 9.17) is 14.2 Å². The number of carbonyl (C=O) groups is 3. The molecular weight excluding hydrogens is 352 g/mol. The van der Waals surface area contributed by atoms with Gasteiger partial charge in [0.15, 0.2) is 6.10 Å². The lowest BCUT2D eigenvalue weighted by atomic mass is 10.1. The fourth-order valence-corrected chi connectivity index (χ4v) is 1.97. The average Bonchev–Trinajstić information content (AvgIpc) is 2.57. The van der Waals surface area contributed by atoms with Gasteiger partial charge < -0.3 is 19.5 Å². The molecule has 8 nitrogen and oxygen atoms in total. The minimum Gasteiger partial charge on any atom is -0.497 e. The molecule has 2 N–H and O–H groups in total. The SMILES string of the molecule is COc1ccc(OCCCC(=O)OC(C)C(=O)NC(=O)NC(C)(C)C)cc1. The molecule has 1 aromatic rings. The fraction of sp³-hybridized carbons (Fsp3) is 0.526. The standard InChI is InChI=1S/C19H28N2O6/c1-13(17(23)20-18(24)21-19(2,3)4)27-16(22)7-6-12-26-15-10-8-14(25-5)9-11-15/h8-11,13H,6-7,12H2,1-5H3,(H2,20,21,23,24). The molecule has 0 saturated heterocycles. The predicted molar refractivity (Wildman–Crippen MR) is 99.7 cm³/mol. The molecule has 1 atom stereocenters. The zero-order chi connectivity index (χ0) is 20.4. The second-order valence-electron chi connectivity index (χ2n) is 6.95. The highest BCUT2D eigenvalue weighted by Gasteiger charge is 2.21. The summed E-state index contributed by atoms with van der Waals surface area (Å²) in [7, 11) is 1.58. The van der Waals surface area contributed by atoms with Crippen LogP contribution in [0, 0.1) is 0 Å². The number of hydrogen-bond donors (Lipinski definition) is 2. The van der Waals surface area contributed by atoms with Gasteiger partial charge in [-0.2, -0.15) is 0 Å². The van der Waals surface area contributed by atoms with E-state index < -0.39 is 29.6 Å². The van der Waals surface area contributed by atoms with Crippen LogP contribution in [0.4, 0.5) is 4.79 Å². The molecule has 0 aliphatic heterocycles. The first-order valence-corrected chi connectivity index (χ1v) is 8.70. The summed E-state index contributed by atoms with van der Waals surface area (Å²) in [6.07, 6.45) is -0.531. The first-order valence-electron chi connectivity index (χ1n) is 8.70. The molecule has 0 spiro atoms. The van der Waals surface area contributed by atoms with Crippen LogP contribution in [-0.2, 0) is 14.3 Å². The van der Waals surface area contributed by atoms with Crippen LogP contribution in [0.1, 0.15) is 40.5 Å². The van der Waals surface area contributed by atoms with Crippen LogP contribution in [0.15, 0.2) is 24.3 Å². The predicted octanol–water partition coefficient (Wildman–Crippen LogP) is 2.41. The summed E-state index contributed by atoms with van der Waals surface area (Å²) < 4.78 is 15.6. The minimum atomic E-state index is -1.06. The number of hydrogen-bond acceptors (Lipinski definition) is 6. The van der Waals surface area contributed by atoms with E-state index in [1.165, 1.54) is 6.92 Å². The number of esters is 1. The zero-order valence-corrected chi connectivity index (χ0v) is 16.5. The van der Waals surface area contributed by atoms with E-state index in [9.17, 15) is 14.4 Å². The first kappa shape index (κ1) is 22.3. The van der Waals surface area contributed by atoms with Crippen molar-refractivity contribution in [2.24, 2.45) is 0 Å². The summed E-state index contributed by atoms with van der Waals surface area (Å²) in [4.78, 5) is 35.3. The molecular formula is C19H28N2O6. The smallest absolute Gasteiger partial charge is 0.321 e. The van der Waals surface area contributed by atoms with Gasteiger partial charge in [-0.3, -0.25) is 14.9 Å². The van der Waals surface area contributed by atoms with Crippen LogP contribution in [0.5, 0.6) is 11.5 Å². The van der Waals surface area contributed by atoms with Crippen molar-refractivity contribution in [2.45, 2.75) is 52.2 Å². The molecule has 1 rings (SSSR count). The molecule has 0 radical (unpaired) electrons. The molecule has 27 heavy (non-hydrogen) atoms. The summed E-state index contributed by atoms with van der Waals surface area (Å²) in [5.41, 5.74) is -0.478. The zero-order valence-electron chi connectivity index (χ0n) is 16.5. The molecule has 0 fully saturated rings. The summed E-state index contributed by atoms with van der Waals surface area (Å²) >= 11 is 0. The van der Waals surface area contributed by atoms with Crippen molar-refractivity contribution in [1.82, 2.24) is 10.6 Å². The van der Waals surface area contributed by atoms with Gasteiger partial charge in [0.2, 0.25) is 0 Å². The quantitative estimate of drug-likeness (QED) is 0.530. The van der Waals surface area contributed by atoms with Crippen LogP contribution in [-0.4, -0.2) is 43.3 Å². The van der Waals surface area contributed by atoms with Gasteiger partial charge in [-0.25, -0.2) is 4.79 Å². The Hall–Kier alpha value is -2.77. The van der Waals surface area contributed by atoms with Gasteiger partial charge in [-0.05, 0) is 58.4 Å². The summed E-state index contributed by atoms with van der Waals surface area (Å²) in [5, 5.41) is 4.73. The molecule has 0 aromatic heterocycles. The Morgan fingerprint density at radius 3 is 2.22 bits per heavy atom. The lowest BCUT2D eigenvalue weighted by molar-refractivity contribution is -0.154.